The summed E-state index contributed by atoms with van der Waals surface area (Å²) in [6, 6.07) is 10.3. The van der Waals surface area contributed by atoms with E-state index in [1.54, 1.807) is 48.8 Å². The van der Waals surface area contributed by atoms with Crippen molar-refractivity contribution in [2.24, 2.45) is 0 Å². The van der Waals surface area contributed by atoms with E-state index in [-0.39, 0.29) is 29.9 Å². The zero-order chi connectivity index (χ0) is 17.6. The van der Waals surface area contributed by atoms with Gasteiger partial charge in [-0.2, -0.15) is 0 Å². The number of carbonyl (C=O) groups is 2. The van der Waals surface area contributed by atoms with Gasteiger partial charge < -0.3 is 15.6 Å². The van der Waals surface area contributed by atoms with Gasteiger partial charge in [-0.25, -0.2) is 0 Å². The summed E-state index contributed by atoms with van der Waals surface area (Å²) in [5, 5.41) is 5.73. The van der Waals surface area contributed by atoms with Gasteiger partial charge in [0.15, 0.2) is 0 Å². The van der Waals surface area contributed by atoms with Crippen LogP contribution in [0.4, 0.5) is 5.69 Å². The molecule has 3 rings (SSSR count). The smallest absolute Gasteiger partial charge is 0.256 e. The van der Waals surface area contributed by atoms with Gasteiger partial charge in [-0.1, -0.05) is 12.1 Å². The third kappa shape index (κ3) is 3.89. The number of aromatic nitrogens is 2. The van der Waals surface area contributed by atoms with E-state index in [1.807, 2.05) is 0 Å². The predicted octanol–water partition coefficient (Wildman–Crippen LogP) is 1.68. The third-order valence-electron chi connectivity index (χ3n) is 3.63. The molecular formula is C18H16N4O3. The maximum absolute atomic E-state index is 12.3. The van der Waals surface area contributed by atoms with E-state index >= 15 is 0 Å². The van der Waals surface area contributed by atoms with Crippen molar-refractivity contribution >= 4 is 28.4 Å². The Morgan fingerprint density at radius 3 is 2.64 bits per heavy atom. The van der Waals surface area contributed by atoms with Crippen molar-refractivity contribution in [3.05, 3.63) is 70.8 Å². The molecule has 1 aromatic carbocycles. The van der Waals surface area contributed by atoms with Crippen molar-refractivity contribution in [3.63, 3.8) is 0 Å². The number of anilines is 1. The zero-order valence-corrected chi connectivity index (χ0v) is 13.3. The van der Waals surface area contributed by atoms with Crippen molar-refractivity contribution in [2.75, 3.05) is 11.9 Å². The number of aromatic amines is 1. The largest absolute Gasteiger partial charge is 0.360 e. The third-order valence-corrected chi connectivity index (χ3v) is 3.63. The summed E-state index contributed by atoms with van der Waals surface area (Å²) in [5.74, 6) is -0.748. The summed E-state index contributed by atoms with van der Waals surface area (Å²) in [7, 11) is 0. The van der Waals surface area contributed by atoms with E-state index in [1.165, 1.54) is 6.20 Å². The summed E-state index contributed by atoms with van der Waals surface area (Å²) in [6.45, 7) is 0.127. The van der Waals surface area contributed by atoms with Crippen LogP contribution >= 0.6 is 0 Å². The Morgan fingerprint density at radius 1 is 1.08 bits per heavy atom. The Balaban J connectivity index is 1.59. The number of H-pyrrole nitrogens is 1. The first-order valence-electron chi connectivity index (χ1n) is 7.73. The number of hydrogen-bond acceptors (Lipinski definition) is 4. The Bertz CT molecular complexity index is 967. The van der Waals surface area contributed by atoms with Gasteiger partial charge in [0.25, 0.3) is 5.91 Å². The lowest BCUT2D eigenvalue weighted by atomic mass is 10.1. The minimum absolute atomic E-state index is 0.0215. The molecule has 0 radical (unpaired) electrons. The lowest BCUT2D eigenvalue weighted by Gasteiger charge is -2.07. The van der Waals surface area contributed by atoms with E-state index < -0.39 is 5.91 Å². The van der Waals surface area contributed by atoms with Crippen LogP contribution < -0.4 is 16.1 Å². The molecule has 0 aliphatic heterocycles. The first kappa shape index (κ1) is 16.4. The summed E-state index contributed by atoms with van der Waals surface area (Å²) >= 11 is 0. The highest BCUT2D eigenvalue weighted by Crippen LogP contribution is 2.07. The fourth-order valence-corrected chi connectivity index (χ4v) is 2.38. The number of nitrogens with zero attached hydrogens (tertiary/aromatic N) is 1. The van der Waals surface area contributed by atoms with Gasteiger partial charge in [0.05, 0.1) is 0 Å². The molecule has 0 atom stereocenters. The summed E-state index contributed by atoms with van der Waals surface area (Å²) in [6.07, 6.45) is 4.63. The number of para-hydroxylation sites is 1. The Hall–Kier alpha value is -3.48. The number of nitrogens with one attached hydrogen (secondary N) is 3. The van der Waals surface area contributed by atoms with Gasteiger partial charge in [0, 0.05) is 48.1 Å². The average Bonchev–Trinajstić information content (AvgIpc) is 2.63. The van der Waals surface area contributed by atoms with E-state index in [4.69, 9.17) is 0 Å². The zero-order valence-electron chi connectivity index (χ0n) is 13.3. The van der Waals surface area contributed by atoms with Crippen molar-refractivity contribution in [3.8, 4) is 0 Å². The van der Waals surface area contributed by atoms with Crippen LogP contribution in [-0.2, 0) is 4.79 Å². The Kier molecular flexibility index (Phi) is 4.84. The fraction of sp³-hybridized carbons (Fsp3) is 0.111. The molecule has 0 aliphatic carbocycles. The second-order valence-corrected chi connectivity index (χ2v) is 5.37. The van der Waals surface area contributed by atoms with Crippen LogP contribution in [0.3, 0.4) is 0 Å². The number of pyridine rings is 2. The maximum atomic E-state index is 12.3. The Morgan fingerprint density at radius 2 is 1.84 bits per heavy atom. The molecule has 126 valence electrons. The first-order chi connectivity index (χ1) is 12.1. The topological polar surface area (TPSA) is 104 Å². The predicted molar refractivity (Wildman–Crippen MR) is 94.4 cm³/mol. The molecule has 25 heavy (non-hydrogen) atoms. The van der Waals surface area contributed by atoms with Gasteiger partial charge in [0.2, 0.25) is 11.3 Å². The standard InChI is InChI=1S/C18H16N4O3/c23-16(22-12-5-8-19-9-6-12)7-10-20-18(25)14-11-21-15-4-2-1-3-13(15)17(14)24/h1-6,8-9,11H,7,10H2,(H,20,25)(H,21,24)(H,19,22,23). The average molecular weight is 336 g/mol. The van der Waals surface area contributed by atoms with Crippen molar-refractivity contribution in [1.82, 2.24) is 15.3 Å². The molecule has 3 aromatic rings. The number of rotatable bonds is 5. The SMILES string of the molecule is O=C(CCNC(=O)c1c[nH]c2ccccc2c1=O)Nc1ccncc1. The summed E-state index contributed by atoms with van der Waals surface area (Å²) in [5.41, 5.74) is 0.986. The maximum Gasteiger partial charge on any atom is 0.256 e. The molecule has 3 N–H and O–H groups in total. The fourth-order valence-electron chi connectivity index (χ4n) is 2.38. The minimum Gasteiger partial charge on any atom is -0.360 e. The minimum atomic E-state index is -0.510. The van der Waals surface area contributed by atoms with Crippen LogP contribution in [0, 0.1) is 0 Å². The number of hydrogen-bond donors (Lipinski definition) is 3. The van der Waals surface area contributed by atoms with E-state index in [2.05, 4.69) is 20.6 Å². The lowest BCUT2D eigenvalue weighted by molar-refractivity contribution is -0.116. The monoisotopic (exact) mass is 336 g/mol. The van der Waals surface area contributed by atoms with Crippen LogP contribution in [0.2, 0.25) is 0 Å². The molecule has 0 unspecified atom stereocenters. The number of carbonyl (C=O) groups excluding carboxylic acids is 2. The molecule has 2 heterocycles. The first-order valence-corrected chi connectivity index (χ1v) is 7.73. The Labute approximate surface area is 143 Å². The molecule has 0 fully saturated rings. The normalized spacial score (nSPS) is 10.4. The molecular weight excluding hydrogens is 320 g/mol. The van der Waals surface area contributed by atoms with Gasteiger partial charge in [-0.05, 0) is 24.3 Å². The highest BCUT2D eigenvalue weighted by Gasteiger charge is 2.13. The van der Waals surface area contributed by atoms with Gasteiger partial charge in [-0.15, -0.1) is 0 Å². The molecule has 7 nitrogen and oxygen atoms in total. The summed E-state index contributed by atoms with van der Waals surface area (Å²) in [4.78, 5) is 43.1. The molecule has 0 saturated carbocycles. The molecule has 2 amide bonds. The summed E-state index contributed by atoms with van der Waals surface area (Å²) < 4.78 is 0. The molecule has 0 spiro atoms. The van der Waals surface area contributed by atoms with Crippen LogP contribution in [0.25, 0.3) is 10.9 Å². The van der Waals surface area contributed by atoms with Crippen molar-refractivity contribution in [2.45, 2.75) is 6.42 Å². The molecule has 7 heteroatoms. The van der Waals surface area contributed by atoms with Crippen molar-refractivity contribution < 1.29 is 9.59 Å². The van der Waals surface area contributed by atoms with E-state index in [9.17, 15) is 14.4 Å². The molecule has 2 aromatic heterocycles. The van der Waals surface area contributed by atoms with Gasteiger partial charge in [0.1, 0.15) is 5.56 Å². The second kappa shape index (κ2) is 7.39. The highest BCUT2D eigenvalue weighted by molar-refractivity contribution is 5.97. The van der Waals surface area contributed by atoms with Crippen LogP contribution in [-0.4, -0.2) is 28.3 Å². The van der Waals surface area contributed by atoms with Crippen LogP contribution in [0.1, 0.15) is 16.8 Å². The van der Waals surface area contributed by atoms with Gasteiger partial charge >= 0.3 is 0 Å². The molecule has 0 aliphatic rings. The molecule has 0 bridgehead atoms. The van der Waals surface area contributed by atoms with Crippen LogP contribution in [0.15, 0.2) is 59.8 Å². The van der Waals surface area contributed by atoms with E-state index in [0.717, 1.165) is 0 Å². The van der Waals surface area contributed by atoms with E-state index in [0.29, 0.717) is 16.6 Å². The van der Waals surface area contributed by atoms with Crippen molar-refractivity contribution in [1.29, 1.82) is 0 Å². The lowest BCUT2D eigenvalue weighted by Crippen LogP contribution is -2.31. The second-order valence-electron chi connectivity index (χ2n) is 5.37. The quantitative estimate of drug-likeness (QED) is 0.659. The molecule has 0 saturated heterocycles. The number of fused-ring (bicyclic) bond motifs is 1. The number of benzene rings is 1. The van der Waals surface area contributed by atoms with Gasteiger partial charge in [-0.3, -0.25) is 19.4 Å². The van der Waals surface area contributed by atoms with Crippen LogP contribution in [0.5, 0.6) is 0 Å². The highest BCUT2D eigenvalue weighted by atomic mass is 16.2. The number of amides is 2.